The molecule has 1 aromatic heterocycles. The monoisotopic (exact) mass is 605 g/mol. The van der Waals surface area contributed by atoms with Crippen LogP contribution in [0.1, 0.15) is 28.1 Å². The van der Waals surface area contributed by atoms with E-state index >= 15 is 0 Å². The Bertz CT molecular complexity index is 1410. The number of hydrogen-bond donors (Lipinski definition) is 0. The van der Waals surface area contributed by atoms with Gasteiger partial charge in [0.25, 0.3) is 0 Å². The standard InChI is InChI=1S/C29H22N3.Ir/c1-20-30-28(32(2)31-20)21-11-10-14-23(19-21)29(22-12-4-3-5-13-22)26-17-8-6-15-24(26)25-16-7-9-18-27(25)29;/h3-10,12-19H,1-2H3;/q-1;. The Morgan fingerprint density at radius 2 is 1.36 bits per heavy atom. The van der Waals surface area contributed by atoms with Gasteiger partial charge in [-0.05, 0) is 34.7 Å². The van der Waals surface area contributed by atoms with Gasteiger partial charge in [-0.1, -0.05) is 78.9 Å². The van der Waals surface area contributed by atoms with E-state index < -0.39 is 5.41 Å². The molecule has 1 aliphatic rings. The third kappa shape index (κ3) is 3.13. The first kappa shape index (κ1) is 21.5. The maximum atomic E-state index is 4.65. The summed E-state index contributed by atoms with van der Waals surface area (Å²) in [5.74, 6) is 1.59. The molecule has 0 aliphatic heterocycles. The van der Waals surface area contributed by atoms with Crippen molar-refractivity contribution in [2.24, 2.45) is 7.05 Å². The molecule has 163 valence electrons. The van der Waals surface area contributed by atoms with E-state index in [1.54, 1.807) is 0 Å². The minimum absolute atomic E-state index is 0. The van der Waals surface area contributed by atoms with Gasteiger partial charge in [0.05, 0.1) is 11.2 Å². The molecule has 0 spiro atoms. The number of rotatable bonds is 3. The van der Waals surface area contributed by atoms with Gasteiger partial charge in [0.15, 0.2) is 0 Å². The fourth-order valence-corrected chi connectivity index (χ4v) is 5.29. The number of aromatic nitrogens is 3. The molecule has 33 heavy (non-hydrogen) atoms. The summed E-state index contributed by atoms with van der Waals surface area (Å²) in [7, 11) is 1.93. The van der Waals surface area contributed by atoms with Crippen molar-refractivity contribution in [2.75, 3.05) is 0 Å². The Morgan fingerprint density at radius 3 is 1.97 bits per heavy atom. The van der Waals surface area contributed by atoms with Gasteiger partial charge in [-0.15, -0.1) is 35.4 Å². The number of nitrogens with zero attached hydrogens (tertiary/aromatic N) is 3. The van der Waals surface area contributed by atoms with Gasteiger partial charge in [0, 0.05) is 27.2 Å². The second kappa shape index (κ2) is 8.22. The zero-order valence-corrected chi connectivity index (χ0v) is 20.8. The summed E-state index contributed by atoms with van der Waals surface area (Å²) >= 11 is 0. The average Bonchev–Trinajstić information content (AvgIpc) is 3.34. The van der Waals surface area contributed by atoms with Gasteiger partial charge in [0.1, 0.15) is 5.82 Å². The molecule has 1 radical (unpaired) electrons. The van der Waals surface area contributed by atoms with Gasteiger partial charge in [0.2, 0.25) is 0 Å². The molecule has 6 rings (SSSR count). The summed E-state index contributed by atoms with van der Waals surface area (Å²) in [5.41, 5.74) is 8.18. The van der Waals surface area contributed by atoms with Crippen molar-refractivity contribution in [3.05, 3.63) is 131 Å². The van der Waals surface area contributed by atoms with Gasteiger partial charge >= 0.3 is 0 Å². The molecule has 1 heterocycles. The van der Waals surface area contributed by atoms with E-state index in [1.807, 2.05) is 24.7 Å². The first-order chi connectivity index (χ1) is 15.7. The Hall–Kier alpha value is -3.33. The molecule has 0 N–H and O–H groups in total. The molecule has 5 aromatic rings. The molecule has 3 nitrogen and oxygen atoms in total. The van der Waals surface area contributed by atoms with E-state index in [1.165, 1.54) is 33.4 Å². The van der Waals surface area contributed by atoms with Crippen molar-refractivity contribution < 1.29 is 20.1 Å². The van der Waals surface area contributed by atoms with Crippen LogP contribution in [0.2, 0.25) is 0 Å². The second-order valence-corrected chi connectivity index (χ2v) is 8.30. The maximum absolute atomic E-state index is 4.65. The van der Waals surface area contributed by atoms with Crippen LogP contribution in [0.25, 0.3) is 22.5 Å². The Kier molecular flexibility index (Phi) is 5.36. The van der Waals surface area contributed by atoms with E-state index in [0.717, 1.165) is 17.2 Å². The molecule has 0 saturated heterocycles. The van der Waals surface area contributed by atoms with Crippen LogP contribution in [0.3, 0.4) is 0 Å². The van der Waals surface area contributed by atoms with Gasteiger partial charge in [-0.25, -0.2) is 0 Å². The minimum atomic E-state index is -0.411. The molecule has 0 fully saturated rings. The molecule has 0 bridgehead atoms. The number of aryl methyl sites for hydroxylation is 2. The van der Waals surface area contributed by atoms with Crippen molar-refractivity contribution in [2.45, 2.75) is 12.3 Å². The fourth-order valence-electron chi connectivity index (χ4n) is 5.29. The van der Waals surface area contributed by atoms with E-state index in [4.69, 9.17) is 0 Å². The molecule has 1 aliphatic carbocycles. The van der Waals surface area contributed by atoms with Crippen LogP contribution in [0.4, 0.5) is 0 Å². The zero-order valence-electron chi connectivity index (χ0n) is 18.4. The summed E-state index contributed by atoms with van der Waals surface area (Å²) < 4.78 is 1.83. The molecule has 4 aromatic carbocycles. The van der Waals surface area contributed by atoms with Crippen LogP contribution >= 0.6 is 0 Å². The van der Waals surface area contributed by atoms with E-state index in [0.29, 0.717) is 0 Å². The Balaban J connectivity index is 0.00000228. The van der Waals surface area contributed by atoms with E-state index in [2.05, 4.69) is 107 Å². The Labute approximate surface area is 207 Å². The first-order valence-electron chi connectivity index (χ1n) is 10.8. The molecule has 0 amide bonds. The average molecular weight is 605 g/mol. The normalized spacial score (nSPS) is 13.2. The van der Waals surface area contributed by atoms with Crippen LogP contribution in [0.5, 0.6) is 0 Å². The first-order valence-corrected chi connectivity index (χ1v) is 10.8. The summed E-state index contributed by atoms with van der Waals surface area (Å²) in [6.07, 6.45) is 0. The second-order valence-electron chi connectivity index (χ2n) is 8.30. The predicted molar refractivity (Wildman–Crippen MR) is 127 cm³/mol. The number of hydrogen-bond acceptors (Lipinski definition) is 2. The van der Waals surface area contributed by atoms with Crippen LogP contribution < -0.4 is 0 Å². The van der Waals surface area contributed by atoms with Gasteiger partial charge in [-0.3, -0.25) is 9.67 Å². The zero-order chi connectivity index (χ0) is 21.7. The number of benzene rings is 4. The smallest absolute Gasteiger partial charge is 0.137 e. The molecular weight excluding hydrogens is 583 g/mol. The van der Waals surface area contributed by atoms with Crippen molar-refractivity contribution in [1.29, 1.82) is 0 Å². The van der Waals surface area contributed by atoms with Gasteiger partial charge < -0.3 is 0 Å². The largest absolute Gasteiger partial charge is 0.289 e. The minimum Gasteiger partial charge on any atom is -0.289 e. The predicted octanol–water partition coefficient (Wildman–Crippen LogP) is 5.95. The number of fused-ring (bicyclic) bond motifs is 3. The molecule has 0 saturated carbocycles. The maximum Gasteiger partial charge on any atom is 0.137 e. The van der Waals surface area contributed by atoms with Crippen LogP contribution in [0.15, 0.2) is 97.1 Å². The van der Waals surface area contributed by atoms with Crippen molar-refractivity contribution >= 4 is 0 Å². The molecule has 4 heteroatoms. The van der Waals surface area contributed by atoms with Crippen LogP contribution in [-0.4, -0.2) is 14.8 Å². The Morgan fingerprint density at radius 1 is 0.758 bits per heavy atom. The summed E-state index contributed by atoms with van der Waals surface area (Å²) in [4.78, 5) is 4.65. The quantitative estimate of drug-likeness (QED) is 0.234. The van der Waals surface area contributed by atoms with Crippen molar-refractivity contribution in [3.8, 4) is 22.5 Å². The molecule has 0 unspecified atom stereocenters. The topological polar surface area (TPSA) is 30.7 Å². The van der Waals surface area contributed by atoms with Crippen LogP contribution in [0, 0.1) is 13.0 Å². The van der Waals surface area contributed by atoms with Crippen molar-refractivity contribution in [3.63, 3.8) is 0 Å². The van der Waals surface area contributed by atoms with Crippen molar-refractivity contribution in [1.82, 2.24) is 14.8 Å². The van der Waals surface area contributed by atoms with E-state index in [-0.39, 0.29) is 20.1 Å². The SMILES string of the molecule is Cc1nc(-c2[c-]ccc(C3(c4ccccc4)c4ccccc4-c4ccccc43)c2)n(C)n1.[Ir]. The van der Waals surface area contributed by atoms with E-state index in [9.17, 15) is 0 Å². The summed E-state index contributed by atoms with van der Waals surface area (Å²) in [6.45, 7) is 1.92. The van der Waals surface area contributed by atoms with Crippen LogP contribution in [-0.2, 0) is 32.6 Å². The third-order valence-electron chi connectivity index (χ3n) is 6.50. The summed E-state index contributed by atoms with van der Waals surface area (Å²) in [6, 6.07) is 38.2. The third-order valence-corrected chi connectivity index (χ3v) is 6.50. The molecular formula is C29H22IrN3-. The molecule has 0 atom stereocenters. The van der Waals surface area contributed by atoms with Gasteiger partial charge in [-0.2, -0.15) is 5.10 Å². The summed E-state index contributed by atoms with van der Waals surface area (Å²) in [5, 5.41) is 4.45. The fraction of sp³-hybridized carbons (Fsp3) is 0.103.